The van der Waals surface area contributed by atoms with E-state index in [1.165, 1.54) is 19.2 Å². The molecule has 11 heteroatoms. The maximum atomic E-state index is 13.0. The Morgan fingerprint density at radius 1 is 0.921 bits per heavy atom. The van der Waals surface area contributed by atoms with Crippen LogP contribution < -0.4 is 14.8 Å². The van der Waals surface area contributed by atoms with E-state index in [0.717, 1.165) is 17.9 Å². The van der Waals surface area contributed by atoms with Gasteiger partial charge < -0.3 is 19.4 Å². The molecule has 0 saturated heterocycles. The van der Waals surface area contributed by atoms with Crippen LogP contribution in [0.2, 0.25) is 0 Å². The molecule has 5 aromatic rings. The van der Waals surface area contributed by atoms with Crippen LogP contribution in [-0.4, -0.2) is 44.8 Å². The van der Waals surface area contributed by atoms with E-state index in [9.17, 15) is 13.2 Å². The lowest BCUT2D eigenvalue weighted by molar-refractivity contribution is -0.137. The van der Waals surface area contributed by atoms with Crippen LogP contribution in [0.1, 0.15) is 11.1 Å². The standard InChI is InChI=1S/C27H23F3N6O2/c1-37-22-12-9-19(15-32-22)24-34-25(31-13-14-38-21-5-3-2-4-6-21)23-26(35-24)36(17-33-23)16-18-7-10-20(11-8-18)27(28,29)30/h2-12,15,17H,13-14,16H2,1H3,(H,31,34,35). The lowest BCUT2D eigenvalue weighted by atomic mass is 10.1. The van der Waals surface area contributed by atoms with Crippen LogP contribution in [0, 0.1) is 0 Å². The molecule has 1 N–H and O–H groups in total. The minimum absolute atomic E-state index is 0.280. The SMILES string of the molecule is COc1ccc(-c2nc(NCCOc3ccccc3)c3ncn(Cc4ccc(C(F)(F)F)cc4)c3n2)cn1. The summed E-state index contributed by atoms with van der Waals surface area (Å²) in [7, 11) is 1.53. The predicted octanol–water partition coefficient (Wildman–Crippen LogP) is 5.45. The van der Waals surface area contributed by atoms with Crippen molar-refractivity contribution < 1.29 is 22.6 Å². The molecule has 0 unspecified atom stereocenters. The molecule has 0 spiro atoms. The van der Waals surface area contributed by atoms with Gasteiger partial charge in [0.1, 0.15) is 17.9 Å². The zero-order chi connectivity index (χ0) is 26.5. The first kappa shape index (κ1) is 25.0. The minimum Gasteiger partial charge on any atom is -0.492 e. The monoisotopic (exact) mass is 520 g/mol. The molecule has 8 nitrogen and oxygen atoms in total. The lowest BCUT2D eigenvalue weighted by Crippen LogP contribution is -2.13. The Morgan fingerprint density at radius 2 is 1.71 bits per heavy atom. The van der Waals surface area contributed by atoms with Crippen LogP contribution in [-0.2, 0) is 12.7 Å². The van der Waals surface area contributed by atoms with E-state index < -0.39 is 11.7 Å². The Bertz CT molecular complexity index is 1500. The highest BCUT2D eigenvalue weighted by Crippen LogP contribution is 2.30. The summed E-state index contributed by atoms with van der Waals surface area (Å²) < 4.78 is 51.6. The molecule has 0 bridgehead atoms. The van der Waals surface area contributed by atoms with E-state index in [4.69, 9.17) is 14.5 Å². The molecule has 0 aliphatic carbocycles. The molecule has 3 aromatic heterocycles. The number of para-hydroxylation sites is 1. The molecular formula is C27H23F3N6O2. The summed E-state index contributed by atoms with van der Waals surface area (Å²) in [4.78, 5) is 18.1. The number of pyridine rings is 1. The first-order valence-electron chi connectivity index (χ1n) is 11.7. The van der Waals surface area contributed by atoms with E-state index in [1.54, 1.807) is 29.2 Å². The first-order valence-corrected chi connectivity index (χ1v) is 11.7. The van der Waals surface area contributed by atoms with Crippen molar-refractivity contribution in [3.8, 4) is 23.0 Å². The number of rotatable bonds is 9. The molecule has 3 heterocycles. The topological polar surface area (TPSA) is 87.0 Å². The summed E-state index contributed by atoms with van der Waals surface area (Å²) in [6.45, 7) is 1.12. The van der Waals surface area contributed by atoms with Gasteiger partial charge in [0.05, 0.1) is 32.1 Å². The number of aromatic nitrogens is 5. The normalized spacial score (nSPS) is 11.5. The van der Waals surface area contributed by atoms with Crippen molar-refractivity contribution in [3.63, 3.8) is 0 Å². The highest BCUT2D eigenvalue weighted by Gasteiger charge is 2.30. The van der Waals surface area contributed by atoms with Crippen molar-refractivity contribution >= 4 is 17.0 Å². The van der Waals surface area contributed by atoms with Crippen molar-refractivity contribution in [1.82, 2.24) is 24.5 Å². The number of ether oxygens (including phenoxy) is 2. The van der Waals surface area contributed by atoms with Crippen molar-refractivity contribution in [3.05, 3.63) is 90.4 Å². The highest BCUT2D eigenvalue weighted by atomic mass is 19.4. The van der Waals surface area contributed by atoms with Gasteiger partial charge >= 0.3 is 6.18 Å². The second kappa shape index (κ2) is 10.8. The van der Waals surface area contributed by atoms with Crippen LogP contribution in [0.5, 0.6) is 11.6 Å². The first-order chi connectivity index (χ1) is 18.4. The van der Waals surface area contributed by atoms with Gasteiger partial charge in [-0.2, -0.15) is 13.2 Å². The third kappa shape index (κ3) is 5.66. The minimum atomic E-state index is -4.39. The van der Waals surface area contributed by atoms with Gasteiger partial charge in [0.15, 0.2) is 17.3 Å². The largest absolute Gasteiger partial charge is 0.492 e. The number of alkyl halides is 3. The van der Waals surface area contributed by atoms with Gasteiger partial charge in [-0.25, -0.2) is 19.9 Å². The number of methoxy groups -OCH3 is 1. The number of anilines is 1. The number of hydrogen-bond acceptors (Lipinski definition) is 7. The average Bonchev–Trinajstić information content (AvgIpc) is 3.34. The third-order valence-electron chi connectivity index (χ3n) is 5.71. The fourth-order valence-electron chi connectivity index (χ4n) is 3.80. The number of benzene rings is 2. The number of nitrogens with one attached hydrogen (secondary N) is 1. The molecule has 5 rings (SSSR count). The lowest BCUT2D eigenvalue weighted by Gasteiger charge is -2.11. The average molecular weight is 521 g/mol. The van der Waals surface area contributed by atoms with Crippen LogP contribution in [0.3, 0.4) is 0 Å². The van der Waals surface area contributed by atoms with Crippen molar-refractivity contribution in [2.75, 3.05) is 25.6 Å². The summed E-state index contributed by atoms with van der Waals surface area (Å²) in [6, 6.07) is 18.0. The maximum Gasteiger partial charge on any atom is 0.416 e. The van der Waals surface area contributed by atoms with Gasteiger partial charge in [-0.15, -0.1) is 0 Å². The molecule has 0 aliphatic heterocycles. The predicted molar refractivity (Wildman–Crippen MR) is 136 cm³/mol. The second-order valence-corrected chi connectivity index (χ2v) is 8.31. The summed E-state index contributed by atoms with van der Waals surface area (Å²) in [6.07, 6.45) is -1.18. The molecule has 0 fully saturated rings. The van der Waals surface area contributed by atoms with E-state index >= 15 is 0 Å². The van der Waals surface area contributed by atoms with Gasteiger partial charge in [-0.1, -0.05) is 30.3 Å². The zero-order valence-corrected chi connectivity index (χ0v) is 20.3. The van der Waals surface area contributed by atoms with Gasteiger partial charge in [0, 0.05) is 17.8 Å². The quantitative estimate of drug-likeness (QED) is 0.259. The fraction of sp³-hybridized carbons (Fsp3) is 0.185. The molecule has 0 saturated carbocycles. The van der Waals surface area contributed by atoms with Crippen LogP contribution >= 0.6 is 0 Å². The summed E-state index contributed by atoms with van der Waals surface area (Å²) in [5.74, 6) is 2.13. The summed E-state index contributed by atoms with van der Waals surface area (Å²) >= 11 is 0. The number of imidazole rings is 1. The second-order valence-electron chi connectivity index (χ2n) is 8.31. The summed E-state index contributed by atoms with van der Waals surface area (Å²) in [5.41, 5.74) is 1.70. The smallest absolute Gasteiger partial charge is 0.416 e. The molecular weight excluding hydrogens is 497 g/mol. The van der Waals surface area contributed by atoms with E-state index in [1.807, 2.05) is 30.3 Å². The van der Waals surface area contributed by atoms with Gasteiger partial charge in [0.2, 0.25) is 5.88 Å². The molecule has 0 aliphatic rings. The fourth-order valence-corrected chi connectivity index (χ4v) is 3.80. The number of nitrogens with zero attached hydrogens (tertiary/aromatic N) is 5. The highest BCUT2D eigenvalue weighted by molar-refractivity contribution is 5.85. The van der Waals surface area contributed by atoms with Crippen molar-refractivity contribution in [2.45, 2.75) is 12.7 Å². The number of halogens is 3. The Morgan fingerprint density at radius 3 is 2.39 bits per heavy atom. The molecule has 0 amide bonds. The molecule has 0 atom stereocenters. The van der Waals surface area contributed by atoms with Crippen molar-refractivity contribution in [2.24, 2.45) is 0 Å². The van der Waals surface area contributed by atoms with Crippen LogP contribution in [0.25, 0.3) is 22.6 Å². The maximum absolute atomic E-state index is 13.0. The van der Waals surface area contributed by atoms with E-state index in [-0.39, 0.29) is 6.54 Å². The van der Waals surface area contributed by atoms with Crippen LogP contribution in [0.15, 0.2) is 79.3 Å². The van der Waals surface area contributed by atoms with Crippen LogP contribution in [0.4, 0.5) is 19.0 Å². The van der Waals surface area contributed by atoms with E-state index in [2.05, 4.69) is 20.3 Å². The van der Waals surface area contributed by atoms with Crippen molar-refractivity contribution in [1.29, 1.82) is 0 Å². The molecule has 38 heavy (non-hydrogen) atoms. The molecule has 0 radical (unpaired) electrons. The van der Waals surface area contributed by atoms with Gasteiger partial charge in [0.25, 0.3) is 0 Å². The Kier molecular flexibility index (Phi) is 7.07. The van der Waals surface area contributed by atoms with Gasteiger partial charge in [-0.05, 0) is 35.9 Å². The molecule has 194 valence electrons. The Labute approximate surface area is 216 Å². The van der Waals surface area contributed by atoms with Gasteiger partial charge in [-0.3, -0.25) is 0 Å². The number of fused-ring (bicyclic) bond motifs is 1. The Hall–Kier alpha value is -4.67. The third-order valence-corrected chi connectivity index (χ3v) is 5.71. The zero-order valence-electron chi connectivity index (χ0n) is 20.3. The Balaban J connectivity index is 1.43. The number of hydrogen-bond donors (Lipinski definition) is 1. The van der Waals surface area contributed by atoms with E-state index in [0.29, 0.717) is 53.0 Å². The summed E-state index contributed by atoms with van der Waals surface area (Å²) in [5, 5.41) is 3.27. The molecule has 2 aromatic carbocycles.